The van der Waals surface area contributed by atoms with E-state index >= 15 is 0 Å². The molecule has 8 heteroatoms. The molecule has 154 valence electrons. The van der Waals surface area contributed by atoms with Crippen LogP contribution in [-0.2, 0) is 6.42 Å². The second-order valence-electron chi connectivity index (χ2n) is 8.58. The summed E-state index contributed by atoms with van der Waals surface area (Å²) in [4.78, 5) is 20.5. The molecule has 0 bridgehead atoms. The number of fused-ring (bicyclic) bond motifs is 2. The fourth-order valence-electron chi connectivity index (χ4n) is 3.93. The Labute approximate surface area is 179 Å². The highest BCUT2D eigenvalue weighted by Crippen LogP contribution is 2.44. The Morgan fingerprint density at radius 2 is 2.03 bits per heavy atom. The van der Waals surface area contributed by atoms with Gasteiger partial charge >= 0.3 is 0 Å². The van der Waals surface area contributed by atoms with Crippen molar-refractivity contribution in [2.45, 2.75) is 33.6 Å². The molecule has 2 aromatic heterocycles. The summed E-state index contributed by atoms with van der Waals surface area (Å²) in [6.45, 7) is 7.42. The highest BCUT2D eigenvalue weighted by molar-refractivity contribution is 7.17. The fourth-order valence-corrected chi connectivity index (χ4v) is 4.99. The molecule has 1 aromatic carbocycles. The van der Waals surface area contributed by atoms with Gasteiger partial charge in [0.1, 0.15) is 12.4 Å². The Hall–Kier alpha value is -3.00. The van der Waals surface area contributed by atoms with Crippen LogP contribution < -0.4 is 15.0 Å². The molecule has 3 heterocycles. The number of ketones is 1. The smallest absolute Gasteiger partial charge is 0.190 e. The maximum absolute atomic E-state index is 12.6. The summed E-state index contributed by atoms with van der Waals surface area (Å²) >= 11 is 1.49. The molecule has 1 N–H and O–H groups in total. The van der Waals surface area contributed by atoms with E-state index < -0.39 is 0 Å². The first-order valence-corrected chi connectivity index (χ1v) is 10.8. The number of hydrogen-bond donors (Lipinski definition) is 1. The first-order chi connectivity index (χ1) is 14.4. The predicted octanol–water partition coefficient (Wildman–Crippen LogP) is 4.67. The lowest BCUT2D eigenvalue weighted by atomic mass is 9.78. The number of nitrogens with one attached hydrogen (secondary N) is 1. The maximum atomic E-state index is 12.6. The van der Waals surface area contributed by atoms with Crippen molar-refractivity contribution in [3.8, 4) is 5.75 Å². The minimum atomic E-state index is -0.0372. The summed E-state index contributed by atoms with van der Waals surface area (Å²) in [6, 6.07) is 9.76. The van der Waals surface area contributed by atoms with Crippen LogP contribution >= 0.6 is 11.3 Å². The number of benzene rings is 1. The number of carbonyl (C=O) groups excluding carboxylic acids is 1. The first kappa shape index (κ1) is 19.0. The van der Waals surface area contributed by atoms with Crippen LogP contribution in [0.15, 0.2) is 30.3 Å². The van der Waals surface area contributed by atoms with Gasteiger partial charge < -0.3 is 15.0 Å². The van der Waals surface area contributed by atoms with E-state index in [1.54, 1.807) is 0 Å². The summed E-state index contributed by atoms with van der Waals surface area (Å²) in [5, 5.41) is 12.4. The normalized spacial score (nSPS) is 17.2. The summed E-state index contributed by atoms with van der Waals surface area (Å²) in [6.07, 6.45) is 1.41. The third-order valence-corrected chi connectivity index (χ3v) is 6.51. The van der Waals surface area contributed by atoms with Crippen LogP contribution in [0.5, 0.6) is 5.75 Å². The average molecular weight is 422 g/mol. The monoisotopic (exact) mass is 421 g/mol. The van der Waals surface area contributed by atoms with Crippen LogP contribution in [0.4, 0.5) is 22.3 Å². The number of anilines is 4. The number of thiazole rings is 1. The third-order valence-electron chi connectivity index (χ3n) is 5.35. The largest absolute Gasteiger partial charge is 0.490 e. The Bertz CT molecular complexity index is 1120. The van der Waals surface area contributed by atoms with Crippen molar-refractivity contribution in [1.82, 2.24) is 15.2 Å². The van der Waals surface area contributed by atoms with Crippen molar-refractivity contribution in [1.29, 1.82) is 0 Å². The minimum absolute atomic E-state index is 0.0372. The predicted molar refractivity (Wildman–Crippen MR) is 118 cm³/mol. The highest BCUT2D eigenvalue weighted by Gasteiger charge is 2.35. The summed E-state index contributed by atoms with van der Waals surface area (Å²) in [5.74, 6) is 1.69. The zero-order valence-corrected chi connectivity index (χ0v) is 18.0. The SMILES string of the molecule is Cc1ccc(Nc2ccc3c(c2)N(c2nc4c(s2)C(=O)CC(C)(C)C4)CCO3)nn1. The second kappa shape index (κ2) is 7.05. The number of carbonyl (C=O) groups is 1. The van der Waals surface area contributed by atoms with E-state index in [1.165, 1.54) is 11.3 Å². The van der Waals surface area contributed by atoms with Crippen molar-refractivity contribution in [3.63, 3.8) is 0 Å². The molecule has 0 saturated heterocycles. The van der Waals surface area contributed by atoms with Gasteiger partial charge in [0.25, 0.3) is 0 Å². The molecule has 0 amide bonds. The van der Waals surface area contributed by atoms with Gasteiger partial charge in [0.05, 0.1) is 28.5 Å². The lowest BCUT2D eigenvalue weighted by Crippen LogP contribution is -2.28. The van der Waals surface area contributed by atoms with Gasteiger partial charge in [0.2, 0.25) is 0 Å². The van der Waals surface area contributed by atoms with Crippen LogP contribution in [0, 0.1) is 12.3 Å². The zero-order chi connectivity index (χ0) is 20.9. The van der Waals surface area contributed by atoms with Crippen molar-refractivity contribution in [2.75, 3.05) is 23.4 Å². The number of ether oxygens (including phenoxy) is 1. The first-order valence-electron chi connectivity index (χ1n) is 10.0. The van der Waals surface area contributed by atoms with Crippen LogP contribution in [0.1, 0.15) is 41.3 Å². The molecule has 5 rings (SSSR count). The molecule has 0 spiro atoms. The lowest BCUT2D eigenvalue weighted by molar-refractivity contribution is 0.0916. The van der Waals surface area contributed by atoms with Crippen molar-refractivity contribution in [2.24, 2.45) is 5.41 Å². The van der Waals surface area contributed by atoms with Gasteiger partial charge in [-0.15, -0.1) is 5.10 Å². The van der Waals surface area contributed by atoms with E-state index in [0.29, 0.717) is 25.4 Å². The van der Waals surface area contributed by atoms with E-state index in [2.05, 4.69) is 34.3 Å². The van der Waals surface area contributed by atoms with Crippen molar-refractivity contribution in [3.05, 3.63) is 46.6 Å². The molecule has 0 fully saturated rings. The molecule has 7 nitrogen and oxygen atoms in total. The molecule has 30 heavy (non-hydrogen) atoms. The Kier molecular flexibility index (Phi) is 4.47. The highest BCUT2D eigenvalue weighted by atomic mass is 32.1. The standard InChI is InChI=1S/C22H23N5O2S/c1-13-4-7-19(26-25-13)23-14-5-6-18-16(10-14)27(8-9-29-18)21-24-15-11-22(2,3)12-17(28)20(15)30-21/h4-7,10H,8-9,11-12H2,1-3H3,(H,23,26). The Morgan fingerprint density at radius 1 is 1.17 bits per heavy atom. The zero-order valence-electron chi connectivity index (χ0n) is 17.2. The van der Waals surface area contributed by atoms with Crippen molar-refractivity contribution < 1.29 is 9.53 Å². The number of aromatic nitrogens is 3. The fraction of sp³-hybridized carbons (Fsp3) is 0.364. The number of Topliss-reactive ketones (excluding diaryl/α,β-unsaturated/α-hetero) is 1. The quantitative estimate of drug-likeness (QED) is 0.658. The van der Waals surface area contributed by atoms with Crippen LogP contribution in [0.25, 0.3) is 0 Å². The minimum Gasteiger partial charge on any atom is -0.490 e. The molecular weight excluding hydrogens is 398 g/mol. The van der Waals surface area contributed by atoms with E-state index in [1.807, 2.05) is 37.3 Å². The Balaban J connectivity index is 1.48. The molecule has 0 saturated carbocycles. The van der Waals surface area contributed by atoms with Crippen LogP contribution in [-0.4, -0.2) is 34.1 Å². The number of nitrogens with zero attached hydrogens (tertiary/aromatic N) is 4. The van der Waals surface area contributed by atoms with Gasteiger partial charge in [-0.1, -0.05) is 25.2 Å². The summed E-state index contributed by atoms with van der Waals surface area (Å²) in [5.41, 5.74) is 3.58. The number of aryl methyl sites for hydroxylation is 1. The van der Waals surface area contributed by atoms with Gasteiger partial charge in [-0.25, -0.2) is 4.98 Å². The van der Waals surface area contributed by atoms with E-state index in [-0.39, 0.29) is 11.2 Å². The summed E-state index contributed by atoms with van der Waals surface area (Å²) < 4.78 is 5.86. The van der Waals surface area contributed by atoms with E-state index in [0.717, 1.165) is 44.9 Å². The van der Waals surface area contributed by atoms with Crippen molar-refractivity contribution >= 4 is 39.4 Å². The van der Waals surface area contributed by atoms with E-state index in [4.69, 9.17) is 9.72 Å². The molecule has 0 radical (unpaired) electrons. The van der Waals surface area contributed by atoms with Crippen LogP contribution in [0.2, 0.25) is 0 Å². The van der Waals surface area contributed by atoms with Crippen LogP contribution in [0.3, 0.4) is 0 Å². The van der Waals surface area contributed by atoms with E-state index in [9.17, 15) is 4.79 Å². The molecule has 2 aliphatic rings. The Morgan fingerprint density at radius 3 is 2.83 bits per heavy atom. The van der Waals surface area contributed by atoms with Gasteiger partial charge in [-0.2, -0.15) is 5.10 Å². The third kappa shape index (κ3) is 3.52. The topological polar surface area (TPSA) is 80.2 Å². The molecular formula is C22H23N5O2S. The molecule has 3 aromatic rings. The lowest BCUT2D eigenvalue weighted by Gasteiger charge is -2.29. The molecule has 1 aliphatic carbocycles. The average Bonchev–Trinajstić information content (AvgIpc) is 3.12. The van der Waals surface area contributed by atoms with Gasteiger partial charge in [-0.05, 0) is 49.1 Å². The molecule has 0 atom stereocenters. The maximum Gasteiger partial charge on any atom is 0.190 e. The van der Waals surface area contributed by atoms with Gasteiger partial charge in [0.15, 0.2) is 16.7 Å². The second-order valence-corrected chi connectivity index (χ2v) is 9.56. The van der Waals surface area contributed by atoms with Gasteiger partial charge in [-0.3, -0.25) is 4.79 Å². The van der Waals surface area contributed by atoms with Gasteiger partial charge in [0, 0.05) is 12.1 Å². The molecule has 0 unspecified atom stereocenters. The summed E-state index contributed by atoms with van der Waals surface area (Å²) in [7, 11) is 0. The molecule has 1 aliphatic heterocycles. The number of rotatable bonds is 3. The number of hydrogen-bond acceptors (Lipinski definition) is 8.